The lowest BCUT2D eigenvalue weighted by molar-refractivity contribution is -0.146. The van der Waals surface area contributed by atoms with Crippen molar-refractivity contribution < 1.29 is 9.53 Å². The molecule has 1 rings (SSSR count). The normalized spacial score (nSPS) is 26.5. The van der Waals surface area contributed by atoms with Gasteiger partial charge in [0.1, 0.15) is 0 Å². The smallest absolute Gasteiger partial charge is 0.312 e. The lowest BCUT2D eigenvalue weighted by Crippen LogP contribution is -2.20. The molecule has 0 aromatic rings. The minimum absolute atomic E-state index is 0. The SMILES string of the molecule is CCOC(=O)[C@H]1C=C[C@@H](N)C1.Cl. The maximum atomic E-state index is 11.1. The number of halogens is 1. The minimum atomic E-state index is -0.156. The number of hydrogen-bond donors (Lipinski definition) is 1. The third kappa shape index (κ3) is 2.83. The first-order chi connectivity index (χ1) is 5.24. The number of carbonyl (C=O) groups is 1. The molecule has 1 aliphatic carbocycles. The highest BCUT2D eigenvalue weighted by molar-refractivity contribution is 5.85. The van der Waals surface area contributed by atoms with Crippen molar-refractivity contribution in [3.63, 3.8) is 0 Å². The van der Waals surface area contributed by atoms with Gasteiger partial charge in [0.15, 0.2) is 0 Å². The van der Waals surface area contributed by atoms with Crippen molar-refractivity contribution in [2.24, 2.45) is 11.7 Å². The highest BCUT2D eigenvalue weighted by atomic mass is 35.5. The average molecular weight is 192 g/mol. The van der Waals surface area contributed by atoms with E-state index in [-0.39, 0.29) is 30.3 Å². The zero-order valence-corrected chi connectivity index (χ0v) is 7.84. The summed E-state index contributed by atoms with van der Waals surface area (Å²) in [5.41, 5.74) is 5.56. The molecule has 0 saturated heterocycles. The summed E-state index contributed by atoms with van der Waals surface area (Å²) in [4.78, 5) is 11.1. The number of nitrogens with two attached hydrogens (primary N) is 1. The summed E-state index contributed by atoms with van der Waals surface area (Å²) >= 11 is 0. The van der Waals surface area contributed by atoms with Crippen LogP contribution in [-0.4, -0.2) is 18.6 Å². The summed E-state index contributed by atoms with van der Waals surface area (Å²) in [6.07, 6.45) is 4.36. The van der Waals surface area contributed by atoms with E-state index < -0.39 is 0 Å². The van der Waals surface area contributed by atoms with Crippen LogP contribution >= 0.6 is 12.4 Å². The van der Waals surface area contributed by atoms with Gasteiger partial charge in [0, 0.05) is 6.04 Å². The first-order valence-corrected chi connectivity index (χ1v) is 3.84. The molecule has 0 aliphatic heterocycles. The molecule has 12 heavy (non-hydrogen) atoms. The quantitative estimate of drug-likeness (QED) is 0.521. The topological polar surface area (TPSA) is 52.3 Å². The van der Waals surface area contributed by atoms with Gasteiger partial charge in [-0.15, -0.1) is 12.4 Å². The van der Waals surface area contributed by atoms with Crippen molar-refractivity contribution in [2.45, 2.75) is 19.4 Å². The van der Waals surface area contributed by atoms with E-state index in [1.165, 1.54) is 0 Å². The lowest BCUT2D eigenvalue weighted by atomic mass is 10.1. The summed E-state index contributed by atoms with van der Waals surface area (Å²) in [5.74, 6) is -0.262. The highest BCUT2D eigenvalue weighted by Crippen LogP contribution is 2.17. The molecule has 70 valence electrons. The summed E-state index contributed by atoms with van der Waals surface area (Å²) < 4.78 is 4.83. The second-order valence-corrected chi connectivity index (χ2v) is 2.64. The number of hydrogen-bond acceptors (Lipinski definition) is 3. The first kappa shape index (κ1) is 11.5. The van der Waals surface area contributed by atoms with Gasteiger partial charge in [-0.05, 0) is 13.3 Å². The first-order valence-electron chi connectivity index (χ1n) is 3.84. The number of carbonyl (C=O) groups excluding carboxylic acids is 1. The van der Waals surface area contributed by atoms with Crippen LogP contribution < -0.4 is 5.73 Å². The van der Waals surface area contributed by atoms with Crippen LogP contribution in [0.1, 0.15) is 13.3 Å². The van der Waals surface area contributed by atoms with Crippen LogP contribution in [0.2, 0.25) is 0 Å². The van der Waals surface area contributed by atoms with E-state index in [4.69, 9.17) is 10.5 Å². The molecule has 0 heterocycles. The van der Waals surface area contributed by atoms with Gasteiger partial charge in [-0.3, -0.25) is 4.79 Å². The number of esters is 1. The van der Waals surface area contributed by atoms with Crippen LogP contribution in [0.5, 0.6) is 0 Å². The standard InChI is InChI=1S/C8H13NO2.ClH/c1-2-11-8(10)6-3-4-7(9)5-6;/h3-4,6-7H,2,5,9H2,1H3;1H/t6-,7+;/m0./s1. The van der Waals surface area contributed by atoms with Crippen molar-refractivity contribution in [3.05, 3.63) is 12.2 Å². The van der Waals surface area contributed by atoms with Gasteiger partial charge in [0.2, 0.25) is 0 Å². The predicted octanol–water partition coefficient (Wildman–Crippen LogP) is 0.875. The summed E-state index contributed by atoms with van der Waals surface area (Å²) in [5, 5.41) is 0. The van der Waals surface area contributed by atoms with Crippen LogP contribution in [0.15, 0.2) is 12.2 Å². The Kier molecular flexibility index (Phi) is 4.93. The average Bonchev–Trinajstić information content (AvgIpc) is 2.36. The van der Waals surface area contributed by atoms with Gasteiger partial charge in [-0.1, -0.05) is 12.2 Å². The molecule has 0 radical (unpaired) electrons. The van der Waals surface area contributed by atoms with Crippen LogP contribution in [0, 0.1) is 5.92 Å². The van der Waals surface area contributed by atoms with Gasteiger partial charge in [0.25, 0.3) is 0 Å². The van der Waals surface area contributed by atoms with E-state index in [2.05, 4.69) is 0 Å². The van der Waals surface area contributed by atoms with Crippen molar-refractivity contribution in [1.82, 2.24) is 0 Å². The minimum Gasteiger partial charge on any atom is -0.466 e. The molecule has 0 fully saturated rings. The van der Waals surface area contributed by atoms with Crippen molar-refractivity contribution in [3.8, 4) is 0 Å². The number of ether oxygens (including phenoxy) is 1. The molecular formula is C8H14ClNO2. The molecule has 0 spiro atoms. The Morgan fingerprint density at radius 2 is 2.33 bits per heavy atom. The van der Waals surface area contributed by atoms with Crippen molar-refractivity contribution >= 4 is 18.4 Å². The van der Waals surface area contributed by atoms with Gasteiger partial charge >= 0.3 is 5.97 Å². The lowest BCUT2D eigenvalue weighted by Gasteiger charge is -2.07. The van der Waals surface area contributed by atoms with Gasteiger partial charge in [0.05, 0.1) is 12.5 Å². The number of rotatable bonds is 2. The Bertz CT molecular complexity index is 182. The van der Waals surface area contributed by atoms with E-state index >= 15 is 0 Å². The molecule has 0 saturated carbocycles. The molecule has 0 unspecified atom stereocenters. The molecule has 3 nitrogen and oxygen atoms in total. The molecular weight excluding hydrogens is 178 g/mol. The van der Waals surface area contributed by atoms with Crippen molar-refractivity contribution in [1.29, 1.82) is 0 Å². The Morgan fingerprint density at radius 3 is 2.75 bits per heavy atom. The van der Waals surface area contributed by atoms with Crippen molar-refractivity contribution in [2.75, 3.05) is 6.61 Å². The summed E-state index contributed by atoms with van der Waals surface area (Å²) in [6.45, 7) is 2.24. The third-order valence-electron chi connectivity index (χ3n) is 1.71. The Morgan fingerprint density at radius 1 is 1.67 bits per heavy atom. The molecule has 2 N–H and O–H groups in total. The zero-order chi connectivity index (χ0) is 8.27. The zero-order valence-electron chi connectivity index (χ0n) is 7.03. The van der Waals surface area contributed by atoms with Gasteiger partial charge < -0.3 is 10.5 Å². The maximum Gasteiger partial charge on any atom is 0.312 e. The van der Waals surface area contributed by atoms with E-state index in [9.17, 15) is 4.79 Å². The van der Waals surface area contributed by atoms with Crippen LogP contribution in [-0.2, 0) is 9.53 Å². The van der Waals surface area contributed by atoms with E-state index in [1.54, 1.807) is 6.92 Å². The molecule has 2 atom stereocenters. The Labute approximate surface area is 78.4 Å². The Hall–Kier alpha value is -0.540. The molecule has 1 aliphatic rings. The largest absolute Gasteiger partial charge is 0.466 e. The fourth-order valence-corrected chi connectivity index (χ4v) is 1.15. The highest BCUT2D eigenvalue weighted by Gasteiger charge is 2.23. The second kappa shape index (κ2) is 5.17. The van der Waals surface area contributed by atoms with Gasteiger partial charge in [-0.2, -0.15) is 0 Å². The van der Waals surface area contributed by atoms with E-state index in [0.29, 0.717) is 13.0 Å². The van der Waals surface area contributed by atoms with E-state index in [0.717, 1.165) is 0 Å². The Balaban J connectivity index is 0.00000121. The summed E-state index contributed by atoms with van der Waals surface area (Å²) in [7, 11) is 0. The fraction of sp³-hybridized carbons (Fsp3) is 0.625. The monoisotopic (exact) mass is 191 g/mol. The van der Waals surface area contributed by atoms with Crippen LogP contribution in [0.4, 0.5) is 0 Å². The van der Waals surface area contributed by atoms with E-state index in [1.807, 2.05) is 12.2 Å². The molecule has 0 aromatic heterocycles. The second-order valence-electron chi connectivity index (χ2n) is 2.64. The molecule has 0 bridgehead atoms. The molecule has 0 aromatic carbocycles. The third-order valence-corrected chi connectivity index (χ3v) is 1.71. The molecule has 4 heteroatoms. The molecule has 0 amide bonds. The van der Waals surface area contributed by atoms with Gasteiger partial charge in [-0.25, -0.2) is 0 Å². The van der Waals surface area contributed by atoms with Crippen LogP contribution in [0.25, 0.3) is 0 Å². The summed E-state index contributed by atoms with van der Waals surface area (Å²) in [6, 6.07) is 0.0319. The fourth-order valence-electron chi connectivity index (χ4n) is 1.15. The maximum absolute atomic E-state index is 11.1. The van der Waals surface area contributed by atoms with Crippen LogP contribution in [0.3, 0.4) is 0 Å². The predicted molar refractivity (Wildman–Crippen MR) is 49.1 cm³/mol.